The van der Waals surface area contributed by atoms with Crippen molar-refractivity contribution in [1.29, 1.82) is 0 Å². The summed E-state index contributed by atoms with van der Waals surface area (Å²) >= 11 is 0. The summed E-state index contributed by atoms with van der Waals surface area (Å²) < 4.78 is 0. The minimum absolute atomic E-state index is 0. The average Bonchev–Trinajstić information content (AvgIpc) is 1.41. The maximum atomic E-state index is 3.68. The van der Waals surface area contributed by atoms with Crippen LogP contribution in [0.5, 0.6) is 0 Å². The Kier molecular flexibility index (Phi) is 35.5. The molecule has 0 unspecified atom stereocenters. The van der Waals surface area contributed by atoms with Gasteiger partial charge in [0.15, 0.2) is 0 Å². The van der Waals surface area contributed by atoms with Gasteiger partial charge in [-0.25, -0.2) is 0 Å². The Morgan fingerprint density at radius 2 is 1.86 bits per heavy atom. The van der Waals surface area contributed by atoms with Gasteiger partial charge in [-0.2, -0.15) is 6.42 Å². The van der Waals surface area contributed by atoms with Gasteiger partial charge in [0.25, 0.3) is 0 Å². The average molecular weight is 112 g/mol. The molecule has 40 valence electrons. The number of unbranched alkanes of at least 4 members (excludes halogenated alkanes) is 2. The molecule has 0 atom stereocenters. The van der Waals surface area contributed by atoms with Crippen LogP contribution in [0, 0.1) is 6.92 Å². The fraction of sp³-hybridized carbons (Fsp3) is 0.800. The van der Waals surface area contributed by atoms with Gasteiger partial charge in [0.1, 0.15) is 0 Å². The van der Waals surface area contributed by atoms with Crippen molar-refractivity contribution in [3.05, 3.63) is 6.92 Å². The second-order valence-electron chi connectivity index (χ2n) is 1.21. The van der Waals surface area contributed by atoms with Crippen LogP contribution in [-0.2, 0) is 0 Å². The Labute approximate surface area is 62.6 Å². The summed E-state index contributed by atoms with van der Waals surface area (Å²) in [5.74, 6) is 0. The Balaban J connectivity index is -0.0000000800. The van der Waals surface area contributed by atoms with Crippen molar-refractivity contribution < 1.29 is 0 Å². The molecule has 0 aromatic heterocycles. The zero-order chi connectivity index (χ0) is 4.12. The first-order valence-electron chi connectivity index (χ1n) is 2.21. The molecule has 0 aromatic carbocycles. The fourth-order valence-electron chi connectivity index (χ4n) is 0.250. The molecule has 0 aliphatic heterocycles. The molecule has 3 N–H and O–H groups in total. The first-order chi connectivity index (χ1) is 2.41. The molecule has 0 aromatic rings. The van der Waals surface area contributed by atoms with Crippen molar-refractivity contribution in [3.8, 4) is 0 Å². The summed E-state index contributed by atoms with van der Waals surface area (Å²) in [5, 5.41) is 0. The van der Waals surface area contributed by atoms with Crippen molar-refractivity contribution in [3.63, 3.8) is 0 Å². The SMILES string of the molecule is N.[CH2-]CCCC.[Mg+2]. The fourth-order valence-corrected chi connectivity index (χ4v) is 0.250. The first kappa shape index (κ1) is 15.6. The van der Waals surface area contributed by atoms with Crippen LogP contribution in [0.3, 0.4) is 0 Å². The van der Waals surface area contributed by atoms with E-state index in [0.29, 0.717) is 0 Å². The largest absolute Gasteiger partial charge is 2.00 e. The summed E-state index contributed by atoms with van der Waals surface area (Å²) in [6.45, 7) is 5.85. The third-order valence-corrected chi connectivity index (χ3v) is 0.604. The molecule has 0 rings (SSSR count). The van der Waals surface area contributed by atoms with Gasteiger partial charge in [-0.05, 0) is 0 Å². The topological polar surface area (TPSA) is 35.0 Å². The molecule has 0 fully saturated rings. The first-order valence-corrected chi connectivity index (χ1v) is 2.21. The predicted octanol–water partition coefficient (Wildman–Crippen LogP) is 1.79. The number of hydrogen-bond acceptors (Lipinski definition) is 1. The van der Waals surface area contributed by atoms with Gasteiger partial charge in [-0.1, -0.05) is 19.8 Å². The minimum Gasteiger partial charge on any atom is -0.344 e. The van der Waals surface area contributed by atoms with Gasteiger partial charge in [-0.3, -0.25) is 0 Å². The standard InChI is InChI=1S/C5H11.Mg.H3N/c1-3-5-4-2;;/h1,3-5H2,2H3;;1H3/q-1;+2;. The van der Waals surface area contributed by atoms with Crippen LogP contribution in [0.15, 0.2) is 0 Å². The van der Waals surface area contributed by atoms with Crippen LogP contribution in [0.1, 0.15) is 26.2 Å². The third-order valence-electron chi connectivity index (χ3n) is 0.604. The molecule has 0 aliphatic carbocycles. The molecule has 0 amide bonds. The van der Waals surface area contributed by atoms with E-state index in [2.05, 4.69) is 13.8 Å². The Morgan fingerprint density at radius 1 is 1.43 bits per heavy atom. The van der Waals surface area contributed by atoms with Gasteiger partial charge in [0, 0.05) is 0 Å². The summed E-state index contributed by atoms with van der Waals surface area (Å²) in [6.07, 6.45) is 3.65. The van der Waals surface area contributed by atoms with E-state index in [1.54, 1.807) is 0 Å². The molecule has 2 heteroatoms. The van der Waals surface area contributed by atoms with Gasteiger partial charge >= 0.3 is 23.1 Å². The molecule has 7 heavy (non-hydrogen) atoms. The van der Waals surface area contributed by atoms with Crippen molar-refractivity contribution in [2.24, 2.45) is 0 Å². The summed E-state index contributed by atoms with van der Waals surface area (Å²) in [4.78, 5) is 0. The molecule has 0 bridgehead atoms. The van der Waals surface area contributed by atoms with Crippen molar-refractivity contribution in [1.82, 2.24) is 6.15 Å². The van der Waals surface area contributed by atoms with Gasteiger partial charge in [0.05, 0.1) is 0 Å². The van der Waals surface area contributed by atoms with Gasteiger partial charge in [0.2, 0.25) is 0 Å². The van der Waals surface area contributed by atoms with Crippen LogP contribution in [-0.4, -0.2) is 23.1 Å². The number of hydrogen-bond donors (Lipinski definition) is 1. The summed E-state index contributed by atoms with van der Waals surface area (Å²) in [5.41, 5.74) is 0. The van der Waals surface area contributed by atoms with E-state index < -0.39 is 0 Å². The normalized spacial score (nSPS) is 6.00. The van der Waals surface area contributed by atoms with E-state index in [0.717, 1.165) is 6.42 Å². The zero-order valence-electron chi connectivity index (χ0n) is 5.24. The summed E-state index contributed by atoms with van der Waals surface area (Å²) in [7, 11) is 0. The maximum Gasteiger partial charge on any atom is 2.00 e. The van der Waals surface area contributed by atoms with E-state index >= 15 is 0 Å². The van der Waals surface area contributed by atoms with Crippen molar-refractivity contribution in [2.45, 2.75) is 26.2 Å². The minimum atomic E-state index is 0. The van der Waals surface area contributed by atoms with Crippen LogP contribution >= 0.6 is 0 Å². The van der Waals surface area contributed by atoms with E-state index in [1.165, 1.54) is 12.8 Å². The smallest absolute Gasteiger partial charge is 0.344 e. The Bertz CT molecular complexity index is 15.6. The monoisotopic (exact) mass is 112 g/mol. The molecule has 0 radical (unpaired) electrons. The molecular weight excluding hydrogens is 98.4 g/mol. The number of rotatable bonds is 2. The van der Waals surface area contributed by atoms with Gasteiger partial charge < -0.3 is 13.1 Å². The second-order valence-corrected chi connectivity index (χ2v) is 1.21. The molecule has 0 aliphatic rings. The molecule has 0 spiro atoms. The zero-order valence-corrected chi connectivity index (χ0v) is 6.66. The van der Waals surface area contributed by atoms with E-state index in [4.69, 9.17) is 0 Å². The van der Waals surface area contributed by atoms with E-state index in [1.807, 2.05) is 0 Å². The van der Waals surface area contributed by atoms with Crippen LogP contribution in [0.4, 0.5) is 0 Å². The molecule has 0 saturated heterocycles. The third kappa shape index (κ3) is 20.2. The van der Waals surface area contributed by atoms with Crippen LogP contribution in [0.25, 0.3) is 0 Å². The molecule has 0 saturated carbocycles. The Hall–Kier alpha value is 0.726. The molecular formula is C5H14MgN+. The van der Waals surface area contributed by atoms with Crippen LogP contribution < -0.4 is 6.15 Å². The predicted molar refractivity (Wildman–Crippen MR) is 35.7 cm³/mol. The summed E-state index contributed by atoms with van der Waals surface area (Å²) in [6, 6.07) is 0. The maximum absolute atomic E-state index is 3.68. The van der Waals surface area contributed by atoms with Crippen molar-refractivity contribution in [2.75, 3.05) is 0 Å². The van der Waals surface area contributed by atoms with Gasteiger partial charge in [-0.15, -0.1) is 0 Å². The van der Waals surface area contributed by atoms with Crippen LogP contribution in [0.2, 0.25) is 0 Å². The second kappa shape index (κ2) is 15.9. The Morgan fingerprint density at radius 3 is 1.86 bits per heavy atom. The molecule has 0 heterocycles. The van der Waals surface area contributed by atoms with E-state index in [-0.39, 0.29) is 29.2 Å². The van der Waals surface area contributed by atoms with E-state index in [9.17, 15) is 0 Å². The molecule has 1 nitrogen and oxygen atoms in total. The quantitative estimate of drug-likeness (QED) is 0.429. The van der Waals surface area contributed by atoms with Crippen molar-refractivity contribution >= 4 is 23.1 Å².